The summed E-state index contributed by atoms with van der Waals surface area (Å²) in [5.74, 6) is 1.75. The van der Waals surface area contributed by atoms with Gasteiger partial charge >= 0.3 is 6.01 Å². The van der Waals surface area contributed by atoms with Crippen molar-refractivity contribution in [2.24, 2.45) is 5.92 Å². The van der Waals surface area contributed by atoms with E-state index in [1.165, 1.54) is 25.7 Å². The number of rotatable bonds is 5. The summed E-state index contributed by atoms with van der Waals surface area (Å²) in [6, 6.07) is 0.355. The van der Waals surface area contributed by atoms with Crippen molar-refractivity contribution in [3.05, 3.63) is 0 Å². The fourth-order valence-corrected chi connectivity index (χ4v) is 3.40. The highest BCUT2D eigenvalue weighted by Crippen LogP contribution is 2.26. The van der Waals surface area contributed by atoms with E-state index in [4.69, 9.17) is 4.74 Å². The lowest BCUT2D eigenvalue weighted by Gasteiger charge is -2.21. The highest BCUT2D eigenvalue weighted by molar-refractivity contribution is 5.38. The predicted octanol–water partition coefficient (Wildman–Crippen LogP) is 1.83. The molecule has 0 unspecified atom stereocenters. The van der Waals surface area contributed by atoms with Crippen LogP contribution in [-0.4, -0.2) is 52.9 Å². The molecule has 0 radical (unpaired) electrons. The number of aliphatic hydroxyl groups excluding tert-OH is 1. The largest absolute Gasteiger partial charge is 0.467 e. The van der Waals surface area contributed by atoms with Crippen LogP contribution in [0.1, 0.15) is 44.9 Å². The number of nitrogens with zero attached hydrogens (tertiary/aromatic N) is 4. The van der Waals surface area contributed by atoms with Gasteiger partial charge in [0.2, 0.25) is 11.9 Å². The Morgan fingerprint density at radius 2 is 1.91 bits per heavy atom. The molecule has 1 saturated heterocycles. The van der Waals surface area contributed by atoms with Crippen LogP contribution < -0.4 is 15.0 Å². The van der Waals surface area contributed by atoms with E-state index < -0.39 is 0 Å². The van der Waals surface area contributed by atoms with Crippen molar-refractivity contribution in [3.8, 4) is 6.01 Å². The van der Waals surface area contributed by atoms with E-state index in [2.05, 4.69) is 25.2 Å². The predicted molar refractivity (Wildman–Crippen MR) is 88.9 cm³/mol. The summed E-state index contributed by atoms with van der Waals surface area (Å²) in [6.07, 6.45) is 7.55. The molecule has 2 heterocycles. The number of methoxy groups -OCH3 is 1. The summed E-state index contributed by atoms with van der Waals surface area (Å²) < 4.78 is 5.24. The Bertz CT molecular complexity index is 505. The number of ether oxygens (including phenoxy) is 1. The molecule has 2 atom stereocenters. The lowest BCUT2D eigenvalue weighted by atomic mass is 10.1. The highest BCUT2D eigenvalue weighted by atomic mass is 16.5. The minimum Gasteiger partial charge on any atom is -0.467 e. The minimum absolute atomic E-state index is 0.151. The summed E-state index contributed by atoms with van der Waals surface area (Å²) in [6.45, 7) is 2.76. The summed E-state index contributed by atoms with van der Waals surface area (Å²) in [5.41, 5.74) is 0. The fraction of sp³-hybridized carbons (Fsp3) is 0.812. The van der Waals surface area contributed by atoms with E-state index in [0.717, 1.165) is 38.9 Å². The molecule has 2 N–H and O–H groups in total. The second-order valence-electron chi connectivity index (χ2n) is 6.56. The van der Waals surface area contributed by atoms with Gasteiger partial charge in [-0.05, 0) is 38.0 Å². The maximum Gasteiger partial charge on any atom is 0.322 e. The smallest absolute Gasteiger partial charge is 0.322 e. The zero-order valence-electron chi connectivity index (χ0n) is 13.9. The molecule has 2 aliphatic rings. The van der Waals surface area contributed by atoms with Gasteiger partial charge in [-0.2, -0.15) is 15.0 Å². The Balaban J connectivity index is 1.67. The third kappa shape index (κ3) is 4.43. The molecule has 0 bridgehead atoms. The molecule has 1 saturated carbocycles. The van der Waals surface area contributed by atoms with E-state index in [0.29, 0.717) is 23.8 Å². The number of hydrogen-bond acceptors (Lipinski definition) is 7. The van der Waals surface area contributed by atoms with Crippen molar-refractivity contribution in [1.29, 1.82) is 0 Å². The van der Waals surface area contributed by atoms with Crippen molar-refractivity contribution < 1.29 is 9.84 Å². The normalized spacial score (nSPS) is 25.2. The maximum atomic E-state index is 9.62. The summed E-state index contributed by atoms with van der Waals surface area (Å²) in [7, 11) is 1.58. The Morgan fingerprint density at radius 3 is 2.57 bits per heavy atom. The van der Waals surface area contributed by atoms with E-state index in [1.807, 2.05) is 0 Å². The number of aromatic nitrogens is 3. The van der Waals surface area contributed by atoms with Crippen LogP contribution in [0.25, 0.3) is 0 Å². The van der Waals surface area contributed by atoms with Gasteiger partial charge in [0, 0.05) is 19.6 Å². The number of aliphatic hydroxyl groups is 1. The monoisotopic (exact) mass is 321 g/mol. The number of hydrogen-bond donors (Lipinski definition) is 2. The molecule has 1 aromatic heterocycles. The Morgan fingerprint density at radius 1 is 1.13 bits per heavy atom. The minimum atomic E-state index is -0.151. The van der Waals surface area contributed by atoms with Crippen LogP contribution in [0.15, 0.2) is 0 Å². The number of nitrogens with one attached hydrogen (secondary N) is 1. The van der Waals surface area contributed by atoms with Gasteiger partial charge in [0.15, 0.2) is 0 Å². The van der Waals surface area contributed by atoms with Crippen LogP contribution in [0.2, 0.25) is 0 Å². The summed E-state index contributed by atoms with van der Waals surface area (Å²) in [5, 5.41) is 12.9. The average molecular weight is 321 g/mol. The first-order valence-corrected chi connectivity index (χ1v) is 8.71. The van der Waals surface area contributed by atoms with Gasteiger partial charge in [-0.25, -0.2) is 0 Å². The van der Waals surface area contributed by atoms with Gasteiger partial charge in [-0.15, -0.1) is 0 Å². The van der Waals surface area contributed by atoms with Crippen LogP contribution in [0.4, 0.5) is 11.9 Å². The molecule has 128 valence electrons. The molecule has 7 heteroatoms. The van der Waals surface area contributed by atoms with Crippen molar-refractivity contribution in [1.82, 2.24) is 15.0 Å². The lowest BCUT2D eigenvalue weighted by Crippen LogP contribution is -2.27. The second-order valence-corrected chi connectivity index (χ2v) is 6.56. The number of anilines is 2. The molecule has 7 nitrogen and oxygen atoms in total. The molecule has 1 aromatic rings. The third-order valence-corrected chi connectivity index (χ3v) is 4.74. The van der Waals surface area contributed by atoms with E-state index in [9.17, 15) is 5.11 Å². The lowest BCUT2D eigenvalue weighted by molar-refractivity contribution is 0.178. The van der Waals surface area contributed by atoms with E-state index in [1.54, 1.807) is 7.11 Å². The zero-order valence-corrected chi connectivity index (χ0v) is 13.9. The van der Waals surface area contributed by atoms with Gasteiger partial charge in [0.05, 0.1) is 13.2 Å². The Kier molecular flexibility index (Phi) is 5.48. The third-order valence-electron chi connectivity index (χ3n) is 4.74. The molecular formula is C16H27N5O2. The van der Waals surface area contributed by atoms with Gasteiger partial charge < -0.3 is 20.1 Å². The zero-order chi connectivity index (χ0) is 16.1. The Labute approximate surface area is 137 Å². The first-order chi connectivity index (χ1) is 11.2. The van der Waals surface area contributed by atoms with Gasteiger partial charge in [0.1, 0.15) is 0 Å². The van der Waals surface area contributed by atoms with Crippen molar-refractivity contribution >= 4 is 11.9 Å². The van der Waals surface area contributed by atoms with Crippen molar-refractivity contribution in [2.75, 3.05) is 37.0 Å². The van der Waals surface area contributed by atoms with Gasteiger partial charge in [-0.1, -0.05) is 12.8 Å². The fourth-order valence-electron chi connectivity index (χ4n) is 3.40. The topological polar surface area (TPSA) is 83.4 Å². The molecule has 3 rings (SSSR count). The molecule has 2 fully saturated rings. The molecular weight excluding hydrogens is 294 g/mol. The molecule has 0 amide bonds. The van der Waals surface area contributed by atoms with Crippen LogP contribution >= 0.6 is 0 Å². The van der Waals surface area contributed by atoms with Crippen LogP contribution in [0.3, 0.4) is 0 Å². The summed E-state index contributed by atoms with van der Waals surface area (Å²) >= 11 is 0. The second kappa shape index (κ2) is 7.77. The molecule has 0 aromatic carbocycles. The van der Waals surface area contributed by atoms with Crippen LogP contribution in [-0.2, 0) is 0 Å². The maximum absolute atomic E-state index is 9.62. The van der Waals surface area contributed by atoms with Crippen molar-refractivity contribution in [2.45, 2.75) is 51.0 Å². The Hall–Kier alpha value is -1.63. The van der Waals surface area contributed by atoms with E-state index >= 15 is 0 Å². The first-order valence-electron chi connectivity index (χ1n) is 8.71. The summed E-state index contributed by atoms with van der Waals surface area (Å²) in [4.78, 5) is 15.5. The standard InChI is InChI=1S/C16H27N5O2/c1-23-16-19-14(17-11-12-6-7-13(22)10-12)18-15(20-16)21-8-4-2-3-5-9-21/h12-13,22H,2-11H2,1H3,(H,17,18,19,20)/t12-,13-/m1/s1. The quantitative estimate of drug-likeness (QED) is 0.856. The van der Waals surface area contributed by atoms with Gasteiger partial charge in [-0.3, -0.25) is 0 Å². The van der Waals surface area contributed by atoms with E-state index in [-0.39, 0.29) is 6.10 Å². The SMILES string of the molecule is COc1nc(NC[C@@H]2CC[C@@H](O)C2)nc(N2CCCCCC2)n1. The molecule has 1 aliphatic heterocycles. The first kappa shape index (κ1) is 16.2. The average Bonchev–Trinajstić information content (AvgIpc) is 2.82. The molecule has 0 spiro atoms. The van der Waals surface area contributed by atoms with Crippen LogP contribution in [0, 0.1) is 5.92 Å². The molecule has 1 aliphatic carbocycles. The van der Waals surface area contributed by atoms with Crippen LogP contribution in [0.5, 0.6) is 6.01 Å². The highest BCUT2D eigenvalue weighted by Gasteiger charge is 2.23. The van der Waals surface area contributed by atoms with Crippen molar-refractivity contribution in [3.63, 3.8) is 0 Å². The van der Waals surface area contributed by atoms with Gasteiger partial charge in [0.25, 0.3) is 0 Å². The molecule has 23 heavy (non-hydrogen) atoms.